The van der Waals surface area contributed by atoms with Crippen molar-refractivity contribution in [1.82, 2.24) is 0 Å². The Morgan fingerprint density at radius 2 is 1.77 bits per heavy atom. The minimum Gasteiger partial charge on any atom is -0.0805 e. The lowest BCUT2D eigenvalue weighted by Gasteiger charge is -2.58. The summed E-state index contributed by atoms with van der Waals surface area (Å²) in [6.45, 7) is 20.2. The molecule has 10 atom stereocenters. The predicted molar refractivity (Wildman–Crippen MR) is 113 cm³/mol. The van der Waals surface area contributed by atoms with Crippen molar-refractivity contribution in [2.24, 2.45) is 58.7 Å². The summed E-state index contributed by atoms with van der Waals surface area (Å²) in [4.78, 5) is 0. The quantitative estimate of drug-likeness (QED) is 0.457. The summed E-state index contributed by atoms with van der Waals surface area (Å²) in [5.74, 6) is 7.99. The fourth-order valence-corrected chi connectivity index (χ4v) is 8.97. The van der Waals surface area contributed by atoms with Crippen molar-refractivity contribution in [3.63, 3.8) is 0 Å². The Bertz CT molecular complexity index is 636. The minimum atomic E-state index is 0.602. The molecular weight excluding hydrogens is 312 g/mol. The molecule has 0 amide bonds. The maximum Gasteiger partial charge on any atom is -0.00974 e. The van der Waals surface area contributed by atoms with Crippen LogP contribution in [0.15, 0.2) is 22.8 Å². The van der Waals surface area contributed by atoms with Crippen molar-refractivity contribution in [2.45, 2.75) is 81.1 Å². The van der Waals surface area contributed by atoms with Crippen LogP contribution in [0.1, 0.15) is 81.1 Å². The molecule has 4 aliphatic carbocycles. The maximum absolute atomic E-state index is 2.70. The van der Waals surface area contributed by atoms with E-state index < -0.39 is 0 Å². The van der Waals surface area contributed by atoms with Gasteiger partial charge >= 0.3 is 0 Å². The first kappa shape index (κ1) is 18.8. The Kier molecular flexibility index (Phi) is 4.52. The highest BCUT2D eigenvalue weighted by atomic mass is 14.6. The molecule has 0 aromatic carbocycles. The predicted octanol–water partition coefficient (Wildman–Crippen LogP) is 7.52. The van der Waals surface area contributed by atoms with Crippen molar-refractivity contribution in [3.8, 4) is 0 Å². The summed E-state index contributed by atoms with van der Waals surface area (Å²) < 4.78 is 0. The number of allylic oxidation sites excluding steroid dienone is 4. The molecule has 4 aliphatic rings. The van der Waals surface area contributed by atoms with Crippen molar-refractivity contribution in [2.75, 3.05) is 0 Å². The van der Waals surface area contributed by atoms with E-state index in [2.05, 4.69) is 61.5 Å². The zero-order chi connectivity index (χ0) is 19.0. The first-order chi connectivity index (χ1) is 12.2. The molecule has 0 saturated heterocycles. The standard InChI is InChI=1S/C26H42/c1-9-22-14(2)12-23-21-11-10-20-18(6)16(4)17(5)19(7)25(20)24(21)15(3)13-26(22,23)8/h10,14-15,17,19,21-25H,9,11-13H2,1-8H3/t14?,15?,17?,19?,21?,22-,23?,24?,25?,26?/m0/s1. The SMILES string of the molecule is CC[C@H]1C(C)CC2C3CC=C4C(C)=C(C)C(C)C(C)C4C3C(C)CC21C. The molecule has 0 radical (unpaired) electrons. The van der Waals surface area contributed by atoms with Crippen LogP contribution in [0.25, 0.3) is 0 Å². The van der Waals surface area contributed by atoms with Crippen LogP contribution in [0.4, 0.5) is 0 Å². The van der Waals surface area contributed by atoms with Gasteiger partial charge in [-0.15, -0.1) is 0 Å². The van der Waals surface area contributed by atoms with Crippen LogP contribution in [0.2, 0.25) is 0 Å². The summed E-state index contributed by atoms with van der Waals surface area (Å²) in [5.41, 5.74) is 5.66. The van der Waals surface area contributed by atoms with E-state index in [-0.39, 0.29) is 0 Å². The van der Waals surface area contributed by atoms with E-state index in [9.17, 15) is 0 Å². The van der Waals surface area contributed by atoms with E-state index in [4.69, 9.17) is 0 Å². The number of fused-ring (bicyclic) bond motifs is 5. The molecule has 2 fully saturated rings. The van der Waals surface area contributed by atoms with E-state index in [0.29, 0.717) is 5.41 Å². The number of hydrogen-bond donors (Lipinski definition) is 0. The van der Waals surface area contributed by atoms with E-state index in [1.165, 1.54) is 25.7 Å². The van der Waals surface area contributed by atoms with Crippen LogP contribution in [-0.2, 0) is 0 Å². The van der Waals surface area contributed by atoms with Gasteiger partial charge in [0.15, 0.2) is 0 Å². The molecular formula is C26H42. The second-order valence-corrected chi connectivity index (χ2v) is 11.1. The van der Waals surface area contributed by atoms with E-state index >= 15 is 0 Å². The average molecular weight is 355 g/mol. The smallest absolute Gasteiger partial charge is 0.00974 e. The van der Waals surface area contributed by atoms with Crippen LogP contribution >= 0.6 is 0 Å². The second kappa shape index (κ2) is 6.25. The van der Waals surface area contributed by atoms with Gasteiger partial charge in [-0.2, -0.15) is 0 Å². The fourth-order valence-electron chi connectivity index (χ4n) is 8.97. The van der Waals surface area contributed by atoms with E-state index in [1.54, 1.807) is 16.7 Å². The molecule has 146 valence electrons. The van der Waals surface area contributed by atoms with E-state index in [0.717, 1.165) is 53.3 Å². The summed E-state index contributed by atoms with van der Waals surface area (Å²) in [6, 6.07) is 0. The topological polar surface area (TPSA) is 0 Å². The van der Waals surface area contributed by atoms with Crippen LogP contribution in [0.3, 0.4) is 0 Å². The molecule has 0 bridgehead atoms. The normalized spacial score (nSPS) is 53.7. The lowest BCUT2D eigenvalue weighted by atomic mass is 9.47. The summed E-state index contributed by atoms with van der Waals surface area (Å²) >= 11 is 0. The van der Waals surface area contributed by atoms with Gasteiger partial charge in [-0.05, 0) is 103 Å². The number of hydrogen-bond acceptors (Lipinski definition) is 0. The average Bonchev–Trinajstić information content (AvgIpc) is 2.86. The van der Waals surface area contributed by atoms with Crippen LogP contribution in [0, 0.1) is 58.7 Å². The first-order valence-corrected chi connectivity index (χ1v) is 11.6. The van der Waals surface area contributed by atoms with Crippen molar-refractivity contribution < 1.29 is 0 Å². The largest absolute Gasteiger partial charge is 0.0805 e. The Morgan fingerprint density at radius 3 is 2.42 bits per heavy atom. The Morgan fingerprint density at radius 1 is 1.08 bits per heavy atom. The highest BCUT2D eigenvalue weighted by molar-refractivity contribution is 5.42. The lowest BCUT2D eigenvalue weighted by molar-refractivity contribution is -0.0577. The van der Waals surface area contributed by atoms with Gasteiger partial charge in [0.1, 0.15) is 0 Å². The first-order valence-electron chi connectivity index (χ1n) is 11.6. The summed E-state index contributed by atoms with van der Waals surface area (Å²) in [5, 5.41) is 0. The zero-order valence-electron chi connectivity index (χ0n) is 18.6. The summed E-state index contributed by atoms with van der Waals surface area (Å²) in [7, 11) is 0. The molecule has 0 heteroatoms. The highest BCUT2D eigenvalue weighted by Crippen LogP contribution is 2.67. The van der Waals surface area contributed by atoms with Gasteiger partial charge < -0.3 is 0 Å². The van der Waals surface area contributed by atoms with Gasteiger partial charge in [0.25, 0.3) is 0 Å². The molecule has 0 aromatic rings. The zero-order valence-corrected chi connectivity index (χ0v) is 18.6. The Hall–Kier alpha value is -0.520. The Labute approximate surface area is 162 Å². The molecule has 0 nitrogen and oxygen atoms in total. The molecule has 0 aliphatic heterocycles. The molecule has 0 N–H and O–H groups in total. The maximum atomic E-state index is 2.70. The van der Waals surface area contributed by atoms with Gasteiger partial charge in [-0.1, -0.05) is 59.6 Å². The van der Waals surface area contributed by atoms with Gasteiger partial charge in [-0.25, -0.2) is 0 Å². The van der Waals surface area contributed by atoms with Gasteiger partial charge in [-0.3, -0.25) is 0 Å². The van der Waals surface area contributed by atoms with Gasteiger partial charge in [0.2, 0.25) is 0 Å². The lowest BCUT2D eigenvalue weighted by Crippen LogP contribution is -2.51. The third kappa shape index (κ3) is 2.32. The number of rotatable bonds is 1. The minimum absolute atomic E-state index is 0.602. The van der Waals surface area contributed by atoms with E-state index in [1.807, 2.05) is 0 Å². The van der Waals surface area contributed by atoms with Crippen LogP contribution < -0.4 is 0 Å². The molecule has 0 aromatic heterocycles. The Balaban J connectivity index is 1.76. The van der Waals surface area contributed by atoms with Gasteiger partial charge in [0.05, 0.1) is 0 Å². The van der Waals surface area contributed by atoms with Crippen molar-refractivity contribution >= 4 is 0 Å². The fraction of sp³-hybridized carbons (Fsp3) is 0.846. The van der Waals surface area contributed by atoms with Crippen molar-refractivity contribution in [1.29, 1.82) is 0 Å². The highest BCUT2D eigenvalue weighted by Gasteiger charge is 2.60. The van der Waals surface area contributed by atoms with Crippen molar-refractivity contribution in [3.05, 3.63) is 22.8 Å². The third-order valence-electron chi connectivity index (χ3n) is 10.3. The van der Waals surface area contributed by atoms with Crippen LogP contribution in [0.5, 0.6) is 0 Å². The third-order valence-corrected chi connectivity index (χ3v) is 10.3. The molecule has 0 spiro atoms. The molecule has 26 heavy (non-hydrogen) atoms. The molecule has 2 saturated carbocycles. The monoisotopic (exact) mass is 354 g/mol. The second-order valence-electron chi connectivity index (χ2n) is 11.1. The summed E-state index contributed by atoms with van der Waals surface area (Å²) in [6.07, 6.45) is 8.42. The van der Waals surface area contributed by atoms with Crippen LogP contribution in [-0.4, -0.2) is 0 Å². The van der Waals surface area contributed by atoms with Gasteiger partial charge in [0, 0.05) is 0 Å². The molecule has 9 unspecified atom stereocenters. The molecule has 4 rings (SSSR count). The molecule has 0 heterocycles.